The van der Waals surface area contributed by atoms with E-state index in [9.17, 15) is 10.2 Å². The molecule has 6 nitrogen and oxygen atoms in total. The van der Waals surface area contributed by atoms with Gasteiger partial charge in [0.25, 0.3) is 0 Å². The number of ether oxygens (including phenoxy) is 2. The normalized spacial score (nSPS) is 30.4. The van der Waals surface area contributed by atoms with Gasteiger partial charge in [-0.25, -0.2) is 0 Å². The molecule has 0 unspecified atom stereocenters. The van der Waals surface area contributed by atoms with Crippen molar-refractivity contribution in [1.29, 1.82) is 0 Å². The van der Waals surface area contributed by atoms with Gasteiger partial charge in [-0.05, 0) is 36.3 Å². The summed E-state index contributed by atoms with van der Waals surface area (Å²) in [6.45, 7) is 22.5. The molecule has 30 heavy (non-hydrogen) atoms. The quantitative estimate of drug-likeness (QED) is 0.530. The Balaban J connectivity index is 1.79. The van der Waals surface area contributed by atoms with Crippen LogP contribution in [0.3, 0.4) is 0 Å². The third-order valence-electron chi connectivity index (χ3n) is 7.74. The maximum atomic E-state index is 10.6. The number of aliphatic hydroxyl groups is 2. The van der Waals surface area contributed by atoms with Gasteiger partial charge in [0.1, 0.15) is 12.2 Å². The first-order valence-electron chi connectivity index (χ1n) is 11.4. The van der Waals surface area contributed by atoms with Gasteiger partial charge in [0.05, 0.1) is 37.6 Å². The highest BCUT2D eigenvalue weighted by Crippen LogP contribution is 2.40. The third kappa shape index (κ3) is 6.16. The molecule has 2 heterocycles. The molecule has 0 aliphatic carbocycles. The van der Waals surface area contributed by atoms with Crippen LogP contribution < -0.4 is 0 Å². The highest BCUT2D eigenvalue weighted by atomic mass is 28.4. The molecule has 178 valence electrons. The van der Waals surface area contributed by atoms with Crippen molar-refractivity contribution in [3.63, 3.8) is 0 Å². The predicted molar refractivity (Wildman–Crippen MR) is 125 cm³/mol. The average Bonchev–Trinajstić information content (AvgIpc) is 3.14. The first kappa shape index (κ1) is 26.4. The molecule has 0 bridgehead atoms. The minimum atomic E-state index is -1.90. The SMILES string of the molecule is CC(C)(C)[Si](C)(C)OC[C@@H](O)[C@@H]1C[C@@H]2O[C@H]([C@H](O)CO[Si](C)(C)C(C)(C)C)C[C@@H]2O1. The van der Waals surface area contributed by atoms with Gasteiger partial charge in [-0.2, -0.15) is 0 Å². The summed E-state index contributed by atoms with van der Waals surface area (Å²) < 4.78 is 24.5. The molecule has 2 rings (SSSR count). The van der Waals surface area contributed by atoms with Gasteiger partial charge in [0.15, 0.2) is 16.6 Å². The van der Waals surface area contributed by atoms with Crippen molar-refractivity contribution >= 4 is 16.6 Å². The zero-order chi connectivity index (χ0) is 23.1. The second-order valence-corrected chi connectivity index (χ2v) is 21.8. The zero-order valence-corrected chi connectivity index (χ0v) is 22.8. The highest BCUT2D eigenvalue weighted by Gasteiger charge is 2.48. The van der Waals surface area contributed by atoms with Crippen LogP contribution in [0.5, 0.6) is 0 Å². The molecule has 0 aromatic carbocycles. The van der Waals surface area contributed by atoms with E-state index in [-0.39, 0.29) is 34.5 Å². The predicted octanol–water partition coefficient (Wildman–Crippen LogP) is 4.07. The van der Waals surface area contributed by atoms with Crippen molar-refractivity contribution in [2.75, 3.05) is 13.2 Å². The summed E-state index contributed by atoms with van der Waals surface area (Å²) in [4.78, 5) is 0. The molecule has 0 spiro atoms. The summed E-state index contributed by atoms with van der Waals surface area (Å²) >= 11 is 0. The summed E-state index contributed by atoms with van der Waals surface area (Å²) in [6.07, 6.45) is -0.733. The molecule has 2 aliphatic rings. The lowest BCUT2D eigenvalue weighted by Crippen LogP contribution is -2.45. The molecule has 0 amide bonds. The zero-order valence-electron chi connectivity index (χ0n) is 20.8. The summed E-state index contributed by atoms with van der Waals surface area (Å²) in [5.74, 6) is 0. The van der Waals surface area contributed by atoms with E-state index in [4.69, 9.17) is 18.3 Å². The Hall–Kier alpha value is 0.194. The van der Waals surface area contributed by atoms with Gasteiger partial charge >= 0.3 is 0 Å². The maximum absolute atomic E-state index is 10.6. The van der Waals surface area contributed by atoms with Crippen LogP contribution in [0, 0.1) is 0 Å². The van der Waals surface area contributed by atoms with E-state index in [0.29, 0.717) is 26.1 Å². The lowest BCUT2D eigenvalue weighted by atomic mass is 10.1. The monoisotopic (exact) mass is 462 g/mol. The Morgan fingerprint density at radius 3 is 1.30 bits per heavy atom. The third-order valence-corrected chi connectivity index (χ3v) is 16.7. The van der Waals surface area contributed by atoms with Crippen LogP contribution in [0.2, 0.25) is 36.3 Å². The van der Waals surface area contributed by atoms with Crippen molar-refractivity contribution in [2.45, 2.75) is 127 Å². The van der Waals surface area contributed by atoms with E-state index < -0.39 is 28.8 Å². The van der Waals surface area contributed by atoms with E-state index >= 15 is 0 Å². The van der Waals surface area contributed by atoms with Crippen LogP contribution in [-0.4, -0.2) is 76.7 Å². The first-order valence-corrected chi connectivity index (χ1v) is 17.2. The topological polar surface area (TPSA) is 77.4 Å². The van der Waals surface area contributed by atoms with Crippen LogP contribution >= 0.6 is 0 Å². The van der Waals surface area contributed by atoms with Crippen molar-refractivity contribution in [2.24, 2.45) is 0 Å². The Morgan fingerprint density at radius 2 is 1.03 bits per heavy atom. The molecule has 2 saturated heterocycles. The van der Waals surface area contributed by atoms with Crippen molar-refractivity contribution in [3.05, 3.63) is 0 Å². The number of aliphatic hydroxyl groups excluding tert-OH is 2. The molecular weight excluding hydrogens is 416 g/mol. The number of rotatable bonds is 8. The summed E-state index contributed by atoms with van der Waals surface area (Å²) in [5.41, 5.74) is 0. The van der Waals surface area contributed by atoms with Gasteiger partial charge in [-0.1, -0.05) is 41.5 Å². The summed E-state index contributed by atoms with van der Waals surface area (Å²) in [6, 6.07) is 0. The van der Waals surface area contributed by atoms with Crippen LogP contribution in [0.4, 0.5) is 0 Å². The van der Waals surface area contributed by atoms with Gasteiger partial charge in [0, 0.05) is 12.8 Å². The van der Waals surface area contributed by atoms with Gasteiger partial charge in [-0.3, -0.25) is 0 Å². The van der Waals surface area contributed by atoms with Crippen LogP contribution in [0.15, 0.2) is 0 Å². The van der Waals surface area contributed by atoms with Crippen molar-refractivity contribution in [1.82, 2.24) is 0 Å². The minimum absolute atomic E-state index is 0.0787. The van der Waals surface area contributed by atoms with Crippen LogP contribution in [0.1, 0.15) is 54.4 Å². The summed E-state index contributed by atoms with van der Waals surface area (Å²) in [5, 5.41) is 21.4. The lowest BCUT2D eigenvalue weighted by Gasteiger charge is -2.37. The van der Waals surface area contributed by atoms with E-state index in [0.717, 1.165) is 0 Å². The molecule has 2 fully saturated rings. The molecule has 0 aromatic rings. The standard InChI is InChI=1S/C22H46O6Si2/c1-21(2,3)29(7,8)25-13-15(23)17-11-19-20(27-17)12-18(28-19)16(24)14-26-30(9,10)22(4,5)6/h15-20,23-24H,11-14H2,1-10H3/t15-,16-,17+,18+,19+,20+/m1/s1. The maximum Gasteiger partial charge on any atom is 0.192 e. The summed E-state index contributed by atoms with van der Waals surface area (Å²) in [7, 11) is -3.80. The Bertz CT molecular complexity index is 507. The minimum Gasteiger partial charge on any atom is -0.414 e. The largest absolute Gasteiger partial charge is 0.414 e. The average molecular weight is 463 g/mol. The van der Waals surface area contributed by atoms with Gasteiger partial charge < -0.3 is 28.5 Å². The van der Waals surface area contributed by atoms with Crippen LogP contribution in [0.25, 0.3) is 0 Å². The molecule has 6 atom stereocenters. The fourth-order valence-corrected chi connectivity index (χ4v) is 5.38. The molecule has 8 heteroatoms. The molecule has 0 saturated carbocycles. The van der Waals surface area contributed by atoms with E-state index in [1.165, 1.54) is 0 Å². The Labute approximate surface area is 185 Å². The molecular formula is C22H46O6Si2. The van der Waals surface area contributed by atoms with E-state index in [1.54, 1.807) is 0 Å². The van der Waals surface area contributed by atoms with E-state index in [1.807, 2.05) is 0 Å². The fourth-order valence-electron chi connectivity index (χ4n) is 3.34. The number of hydrogen-bond acceptors (Lipinski definition) is 6. The lowest BCUT2D eigenvalue weighted by molar-refractivity contribution is -0.0642. The van der Waals surface area contributed by atoms with Gasteiger partial charge in [-0.15, -0.1) is 0 Å². The molecule has 0 radical (unpaired) electrons. The first-order chi connectivity index (χ1) is 13.4. The molecule has 0 aromatic heterocycles. The Morgan fingerprint density at radius 1 is 0.733 bits per heavy atom. The highest BCUT2D eigenvalue weighted by molar-refractivity contribution is 6.74. The van der Waals surface area contributed by atoms with Crippen molar-refractivity contribution in [3.8, 4) is 0 Å². The fraction of sp³-hybridized carbons (Fsp3) is 1.00. The van der Waals surface area contributed by atoms with Crippen molar-refractivity contribution < 1.29 is 28.5 Å². The second-order valence-electron chi connectivity index (χ2n) is 12.2. The second kappa shape index (κ2) is 9.21. The van der Waals surface area contributed by atoms with Crippen LogP contribution in [-0.2, 0) is 18.3 Å². The number of hydrogen-bond donors (Lipinski definition) is 2. The van der Waals surface area contributed by atoms with Gasteiger partial charge in [0.2, 0.25) is 0 Å². The Kier molecular flexibility index (Phi) is 8.12. The number of fused-ring (bicyclic) bond motifs is 1. The molecule has 2 aliphatic heterocycles. The smallest absolute Gasteiger partial charge is 0.192 e. The van der Waals surface area contributed by atoms with E-state index in [2.05, 4.69) is 67.7 Å². The molecule has 2 N–H and O–H groups in total.